The number of benzene rings is 1. The molecule has 1 aromatic carbocycles. The van der Waals surface area contributed by atoms with Crippen LogP contribution in [0.15, 0.2) is 36.7 Å². The van der Waals surface area contributed by atoms with Crippen molar-refractivity contribution in [2.75, 3.05) is 0 Å². The van der Waals surface area contributed by atoms with E-state index < -0.39 is 0 Å². The average Bonchev–Trinajstić information content (AvgIpc) is 2.30. The van der Waals surface area contributed by atoms with Crippen LogP contribution in [0.4, 0.5) is 4.39 Å². The van der Waals surface area contributed by atoms with Crippen molar-refractivity contribution in [1.82, 2.24) is 9.97 Å². The van der Waals surface area contributed by atoms with Crippen LogP contribution < -0.4 is 0 Å². The van der Waals surface area contributed by atoms with Gasteiger partial charge in [-0.3, -0.25) is 0 Å². The first-order valence-corrected chi connectivity index (χ1v) is 5.33. The van der Waals surface area contributed by atoms with E-state index in [4.69, 9.17) is 11.6 Å². The molecule has 0 N–H and O–H groups in total. The molecule has 16 heavy (non-hydrogen) atoms. The Labute approximate surface area is 98.1 Å². The zero-order valence-corrected chi connectivity index (χ0v) is 9.45. The highest BCUT2D eigenvalue weighted by molar-refractivity contribution is 6.20. The normalized spacial score (nSPS) is 12.4. The van der Waals surface area contributed by atoms with Crippen molar-refractivity contribution in [2.24, 2.45) is 0 Å². The number of rotatable bonds is 2. The molecule has 0 radical (unpaired) electrons. The summed E-state index contributed by atoms with van der Waals surface area (Å²) in [6, 6.07) is 6.52. The third-order valence-corrected chi connectivity index (χ3v) is 2.41. The fourth-order valence-corrected chi connectivity index (χ4v) is 1.49. The molecule has 2 nitrogen and oxygen atoms in total. The Morgan fingerprint density at radius 3 is 2.38 bits per heavy atom. The summed E-state index contributed by atoms with van der Waals surface area (Å²) in [4.78, 5) is 8.17. The van der Waals surface area contributed by atoms with Gasteiger partial charge in [-0.05, 0) is 13.0 Å². The SMILES string of the molecule is CC(Cl)c1ncc(-c2ccccc2F)cn1. The molecule has 0 aliphatic rings. The van der Waals surface area contributed by atoms with Gasteiger partial charge in [0.1, 0.15) is 11.6 Å². The molecule has 1 unspecified atom stereocenters. The third kappa shape index (κ3) is 2.19. The summed E-state index contributed by atoms with van der Waals surface area (Å²) in [5.41, 5.74) is 1.15. The zero-order chi connectivity index (χ0) is 11.5. The molecule has 0 saturated carbocycles. The highest BCUT2D eigenvalue weighted by Crippen LogP contribution is 2.22. The minimum Gasteiger partial charge on any atom is -0.239 e. The predicted molar refractivity (Wildman–Crippen MR) is 61.7 cm³/mol. The van der Waals surface area contributed by atoms with E-state index in [1.165, 1.54) is 6.07 Å². The molecular formula is C12H10ClFN2. The summed E-state index contributed by atoms with van der Waals surface area (Å²) in [6.45, 7) is 1.79. The first-order chi connectivity index (χ1) is 7.68. The van der Waals surface area contributed by atoms with Crippen molar-refractivity contribution >= 4 is 11.6 Å². The van der Waals surface area contributed by atoms with Crippen LogP contribution in [0.1, 0.15) is 18.1 Å². The lowest BCUT2D eigenvalue weighted by Gasteiger charge is -2.04. The molecule has 0 bridgehead atoms. The summed E-state index contributed by atoms with van der Waals surface area (Å²) < 4.78 is 13.5. The second-order valence-corrected chi connectivity index (χ2v) is 4.08. The lowest BCUT2D eigenvalue weighted by atomic mass is 10.1. The van der Waals surface area contributed by atoms with E-state index in [2.05, 4.69) is 9.97 Å². The summed E-state index contributed by atoms with van der Waals surface area (Å²) in [7, 11) is 0. The molecule has 0 fully saturated rings. The second-order valence-electron chi connectivity index (χ2n) is 3.43. The van der Waals surface area contributed by atoms with Crippen LogP contribution in [0.5, 0.6) is 0 Å². The van der Waals surface area contributed by atoms with Crippen LogP contribution in [0.25, 0.3) is 11.1 Å². The van der Waals surface area contributed by atoms with Gasteiger partial charge in [-0.15, -0.1) is 11.6 Å². The Hall–Kier alpha value is -1.48. The second kappa shape index (κ2) is 4.58. The Morgan fingerprint density at radius 2 is 1.81 bits per heavy atom. The Kier molecular flexibility index (Phi) is 3.15. The van der Waals surface area contributed by atoms with Crippen molar-refractivity contribution in [3.8, 4) is 11.1 Å². The number of hydrogen-bond donors (Lipinski definition) is 0. The summed E-state index contributed by atoms with van der Waals surface area (Å²) in [5.74, 6) is 0.263. The average molecular weight is 237 g/mol. The third-order valence-electron chi connectivity index (χ3n) is 2.21. The van der Waals surface area contributed by atoms with Crippen molar-refractivity contribution in [3.05, 3.63) is 48.3 Å². The first-order valence-electron chi connectivity index (χ1n) is 4.89. The van der Waals surface area contributed by atoms with Gasteiger partial charge in [0.25, 0.3) is 0 Å². The van der Waals surface area contributed by atoms with Gasteiger partial charge in [0.05, 0.1) is 5.38 Å². The zero-order valence-electron chi connectivity index (χ0n) is 8.69. The lowest BCUT2D eigenvalue weighted by Crippen LogP contribution is -1.95. The fraction of sp³-hybridized carbons (Fsp3) is 0.167. The van der Waals surface area contributed by atoms with E-state index in [1.807, 2.05) is 0 Å². The Balaban J connectivity index is 2.39. The number of hydrogen-bond acceptors (Lipinski definition) is 2. The van der Waals surface area contributed by atoms with Crippen molar-refractivity contribution in [1.29, 1.82) is 0 Å². The highest BCUT2D eigenvalue weighted by Gasteiger charge is 2.07. The van der Waals surface area contributed by atoms with Gasteiger partial charge >= 0.3 is 0 Å². The molecule has 0 aliphatic heterocycles. The molecule has 0 spiro atoms. The van der Waals surface area contributed by atoms with Gasteiger partial charge in [0, 0.05) is 23.5 Å². The van der Waals surface area contributed by atoms with E-state index in [1.54, 1.807) is 37.5 Å². The Bertz CT molecular complexity index is 483. The van der Waals surface area contributed by atoms with Gasteiger partial charge in [-0.25, -0.2) is 14.4 Å². The molecule has 2 aromatic rings. The molecule has 1 aromatic heterocycles. The number of halogens is 2. The topological polar surface area (TPSA) is 25.8 Å². The summed E-state index contributed by atoms with van der Waals surface area (Å²) in [5, 5.41) is -0.241. The van der Waals surface area contributed by atoms with Gasteiger partial charge in [0.15, 0.2) is 0 Å². The lowest BCUT2D eigenvalue weighted by molar-refractivity contribution is 0.631. The first kappa shape index (κ1) is 11.0. The number of aromatic nitrogens is 2. The molecule has 82 valence electrons. The van der Waals surface area contributed by atoms with Crippen molar-refractivity contribution < 1.29 is 4.39 Å². The maximum absolute atomic E-state index is 13.5. The van der Waals surface area contributed by atoms with Crippen molar-refractivity contribution in [2.45, 2.75) is 12.3 Å². The van der Waals surface area contributed by atoms with Gasteiger partial charge in [0.2, 0.25) is 0 Å². The fourth-order valence-electron chi connectivity index (χ4n) is 1.38. The van der Waals surface area contributed by atoms with Crippen LogP contribution in [-0.4, -0.2) is 9.97 Å². The molecule has 0 amide bonds. The van der Waals surface area contributed by atoms with E-state index in [0.29, 0.717) is 17.0 Å². The quantitative estimate of drug-likeness (QED) is 0.745. The molecule has 1 heterocycles. The monoisotopic (exact) mass is 236 g/mol. The predicted octanol–water partition coefficient (Wildman–Crippen LogP) is 3.58. The van der Waals surface area contributed by atoms with E-state index in [0.717, 1.165) is 0 Å². The van der Waals surface area contributed by atoms with Crippen LogP contribution in [0.3, 0.4) is 0 Å². The van der Waals surface area contributed by atoms with Crippen LogP contribution in [0.2, 0.25) is 0 Å². The smallest absolute Gasteiger partial charge is 0.145 e. The summed E-state index contributed by atoms with van der Waals surface area (Å²) >= 11 is 5.83. The van der Waals surface area contributed by atoms with Gasteiger partial charge in [-0.1, -0.05) is 18.2 Å². The molecule has 0 saturated heterocycles. The largest absolute Gasteiger partial charge is 0.239 e. The highest BCUT2D eigenvalue weighted by atomic mass is 35.5. The number of alkyl halides is 1. The molecule has 2 rings (SSSR count). The van der Waals surface area contributed by atoms with Gasteiger partial charge in [-0.2, -0.15) is 0 Å². The molecular weight excluding hydrogens is 227 g/mol. The van der Waals surface area contributed by atoms with Crippen molar-refractivity contribution in [3.63, 3.8) is 0 Å². The molecule has 1 atom stereocenters. The molecule has 0 aliphatic carbocycles. The standard InChI is InChI=1S/C12H10ClFN2/c1-8(13)12-15-6-9(7-16-12)10-4-2-3-5-11(10)14/h2-8H,1H3. The maximum atomic E-state index is 13.5. The molecule has 4 heteroatoms. The van der Waals surface area contributed by atoms with Crippen LogP contribution in [-0.2, 0) is 0 Å². The van der Waals surface area contributed by atoms with Gasteiger partial charge < -0.3 is 0 Å². The van der Waals surface area contributed by atoms with E-state index in [9.17, 15) is 4.39 Å². The number of nitrogens with zero attached hydrogens (tertiary/aromatic N) is 2. The Morgan fingerprint density at radius 1 is 1.19 bits per heavy atom. The van der Waals surface area contributed by atoms with Crippen LogP contribution >= 0.6 is 11.6 Å². The summed E-state index contributed by atoms with van der Waals surface area (Å²) in [6.07, 6.45) is 3.17. The van der Waals surface area contributed by atoms with E-state index >= 15 is 0 Å². The minimum atomic E-state index is -0.280. The minimum absolute atomic E-state index is 0.241. The van der Waals surface area contributed by atoms with Crippen LogP contribution in [0, 0.1) is 5.82 Å². The maximum Gasteiger partial charge on any atom is 0.145 e. The van der Waals surface area contributed by atoms with E-state index in [-0.39, 0.29) is 11.2 Å².